The Bertz CT molecular complexity index is 1280. The summed E-state index contributed by atoms with van der Waals surface area (Å²) in [6.45, 7) is 2.94. The van der Waals surface area contributed by atoms with Gasteiger partial charge in [-0.25, -0.2) is 5.43 Å². The molecule has 4 heterocycles. The molecule has 1 atom stereocenters. The van der Waals surface area contributed by atoms with Gasteiger partial charge in [0.15, 0.2) is 5.82 Å². The maximum atomic E-state index is 5.49. The summed E-state index contributed by atoms with van der Waals surface area (Å²) in [5.41, 5.74) is 7.30. The third kappa shape index (κ3) is 4.40. The molecule has 0 bridgehead atoms. The molecule has 1 unspecified atom stereocenters. The Morgan fingerprint density at radius 3 is 2.54 bits per heavy atom. The Balaban J connectivity index is 1.33. The Kier molecular flexibility index (Phi) is 5.71. The summed E-state index contributed by atoms with van der Waals surface area (Å²) in [5, 5.41) is 5.52. The van der Waals surface area contributed by atoms with Crippen molar-refractivity contribution >= 4 is 17.6 Å². The van der Waals surface area contributed by atoms with Gasteiger partial charge in [0.2, 0.25) is 5.95 Å². The summed E-state index contributed by atoms with van der Waals surface area (Å²) < 4.78 is 10.8. The number of ether oxygens (including phenoxy) is 1. The monoisotopic (exact) mass is 468 g/mol. The quantitative estimate of drug-likeness (QED) is 0.386. The number of anilines is 3. The van der Waals surface area contributed by atoms with Gasteiger partial charge in [0, 0.05) is 13.1 Å². The van der Waals surface area contributed by atoms with Gasteiger partial charge in [-0.15, -0.1) is 0 Å². The molecule has 0 saturated heterocycles. The van der Waals surface area contributed by atoms with E-state index in [9.17, 15) is 0 Å². The topological polar surface area (TPSA) is 78.7 Å². The van der Waals surface area contributed by atoms with Crippen molar-refractivity contribution in [3.05, 3.63) is 95.4 Å². The van der Waals surface area contributed by atoms with Crippen LogP contribution in [0.5, 0.6) is 5.75 Å². The zero-order valence-corrected chi connectivity index (χ0v) is 19.6. The van der Waals surface area contributed by atoms with E-state index >= 15 is 0 Å². The van der Waals surface area contributed by atoms with Gasteiger partial charge < -0.3 is 19.4 Å². The number of furan rings is 1. The van der Waals surface area contributed by atoms with E-state index in [4.69, 9.17) is 19.1 Å². The van der Waals surface area contributed by atoms with Crippen molar-refractivity contribution in [1.82, 2.24) is 15.4 Å². The fourth-order valence-electron chi connectivity index (χ4n) is 4.77. The van der Waals surface area contributed by atoms with Crippen LogP contribution in [-0.2, 0) is 19.6 Å². The van der Waals surface area contributed by atoms with Crippen molar-refractivity contribution in [3.8, 4) is 5.75 Å². The Labute approximate surface area is 204 Å². The molecule has 2 aromatic carbocycles. The molecule has 8 heteroatoms. The highest BCUT2D eigenvalue weighted by Crippen LogP contribution is 2.44. The summed E-state index contributed by atoms with van der Waals surface area (Å²) >= 11 is 0. The second kappa shape index (κ2) is 9.31. The molecule has 0 spiro atoms. The van der Waals surface area contributed by atoms with E-state index in [0.717, 1.165) is 49.2 Å². The van der Waals surface area contributed by atoms with Crippen molar-refractivity contribution < 1.29 is 9.15 Å². The molecule has 0 amide bonds. The molecule has 0 aliphatic carbocycles. The van der Waals surface area contributed by atoms with E-state index in [-0.39, 0.29) is 6.04 Å². The molecule has 2 aromatic heterocycles. The normalized spacial score (nSPS) is 16.3. The number of aromatic nitrogens is 2. The third-order valence-corrected chi connectivity index (χ3v) is 6.53. The Hall–Kier alpha value is -4.04. The summed E-state index contributed by atoms with van der Waals surface area (Å²) in [6.07, 6.45) is 2.67. The highest BCUT2D eigenvalue weighted by Gasteiger charge is 2.38. The molecule has 8 nitrogen and oxygen atoms in total. The molecule has 0 radical (unpaired) electrons. The van der Waals surface area contributed by atoms with Gasteiger partial charge >= 0.3 is 0 Å². The lowest BCUT2D eigenvalue weighted by Crippen LogP contribution is -2.37. The molecule has 2 aliphatic heterocycles. The molecule has 0 saturated carbocycles. The zero-order valence-electron chi connectivity index (χ0n) is 19.6. The molecular formula is C27H28N6O2. The number of methoxy groups -OCH3 is 1. The third-order valence-electron chi connectivity index (χ3n) is 6.53. The van der Waals surface area contributed by atoms with Crippen molar-refractivity contribution in [3.63, 3.8) is 0 Å². The van der Waals surface area contributed by atoms with Crippen LogP contribution in [0.15, 0.2) is 77.4 Å². The van der Waals surface area contributed by atoms with Gasteiger partial charge in [0.05, 0.1) is 38.1 Å². The number of nitrogens with one attached hydrogen (secondary N) is 2. The first kappa shape index (κ1) is 21.5. The van der Waals surface area contributed by atoms with Gasteiger partial charge in [-0.3, -0.25) is 5.01 Å². The van der Waals surface area contributed by atoms with Crippen LogP contribution in [0.4, 0.5) is 17.6 Å². The minimum absolute atomic E-state index is 0.204. The summed E-state index contributed by atoms with van der Waals surface area (Å²) in [4.78, 5) is 12.3. The van der Waals surface area contributed by atoms with E-state index in [1.54, 1.807) is 13.4 Å². The largest absolute Gasteiger partial charge is 0.497 e. The number of benzene rings is 2. The highest BCUT2D eigenvalue weighted by molar-refractivity contribution is 5.68. The smallest absolute Gasteiger partial charge is 0.227 e. The molecule has 4 aromatic rings. The van der Waals surface area contributed by atoms with Gasteiger partial charge in [-0.1, -0.05) is 42.5 Å². The first-order valence-electron chi connectivity index (χ1n) is 11.9. The van der Waals surface area contributed by atoms with E-state index < -0.39 is 0 Å². The number of hydrogen-bond donors (Lipinski definition) is 2. The maximum Gasteiger partial charge on any atom is 0.227 e. The first-order chi connectivity index (χ1) is 17.3. The van der Waals surface area contributed by atoms with Gasteiger partial charge in [-0.2, -0.15) is 9.97 Å². The molecule has 2 aliphatic rings. The lowest BCUT2D eigenvalue weighted by atomic mass is 10.0. The van der Waals surface area contributed by atoms with Crippen LogP contribution in [-0.4, -0.2) is 23.6 Å². The van der Waals surface area contributed by atoms with Crippen molar-refractivity contribution in [2.45, 2.75) is 32.1 Å². The van der Waals surface area contributed by atoms with Crippen LogP contribution in [0, 0.1) is 0 Å². The van der Waals surface area contributed by atoms with E-state index in [1.165, 1.54) is 16.7 Å². The van der Waals surface area contributed by atoms with Crippen molar-refractivity contribution in [1.29, 1.82) is 0 Å². The number of rotatable bonds is 8. The summed E-state index contributed by atoms with van der Waals surface area (Å²) in [5.74, 6) is 4.21. The predicted molar refractivity (Wildman–Crippen MR) is 135 cm³/mol. The lowest BCUT2D eigenvalue weighted by molar-refractivity contribution is 0.414. The second-order valence-corrected chi connectivity index (χ2v) is 8.85. The van der Waals surface area contributed by atoms with Gasteiger partial charge in [0.25, 0.3) is 0 Å². The maximum absolute atomic E-state index is 5.49. The lowest BCUT2D eigenvalue weighted by Gasteiger charge is -2.32. The average molecular weight is 469 g/mol. The van der Waals surface area contributed by atoms with Gasteiger partial charge in [-0.05, 0) is 41.8 Å². The summed E-state index contributed by atoms with van der Waals surface area (Å²) in [6, 6.07) is 22.7. The van der Waals surface area contributed by atoms with Crippen LogP contribution >= 0.6 is 0 Å². The van der Waals surface area contributed by atoms with Crippen LogP contribution in [0.1, 0.15) is 34.9 Å². The molecule has 178 valence electrons. The standard InChI is InChI=1S/C27H28N6O2/c1-34-21-11-9-20(10-12-21)17-32-14-13-23-24-25(32)29-27(28-16-22-8-5-15-35-22)30-26(24)33(31-23)18-19-6-3-2-4-7-19/h2-12,15,23,31H,13-14,16-18H2,1H3,(H,28,29,30). The minimum Gasteiger partial charge on any atom is -0.497 e. The molecule has 35 heavy (non-hydrogen) atoms. The molecule has 6 rings (SSSR count). The zero-order chi connectivity index (χ0) is 23.6. The Morgan fingerprint density at radius 2 is 1.77 bits per heavy atom. The van der Waals surface area contributed by atoms with Crippen molar-refractivity contribution in [2.75, 3.05) is 28.9 Å². The van der Waals surface area contributed by atoms with E-state index in [0.29, 0.717) is 12.5 Å². The molecular weight excluding hydrogens is 440 g/mol. The predicted octanol–water partition coefficient (Wildman–Crippen LogP) is 4.67. The highest BCUT2D eigenvalue weighted by atomic mass is 16.5. The van der Waals surface area contributed by atoms with Crippen LogP contribution in [0.25, 0.3) is 0 Å². The summed E-state index contributed by atoms with van der Waals surface area (Å²) in [7, 11) is 1.69. The van der Waals surface area contributed by atoms with Crippen LogP contribution < -0.4 is 25.4 Å². The number of hydrazine groups is 1. The van der Waals surface area contributed by atoms with Gasteiger partial charge in [0.1, 0.15) is 17.3 Å². The fraction of sp³-hybridized carbons (Fsp3) is 0.259. The van der Waals surface area contributed by atoms with Crippen molar-refractivity contribution in [2.24, 2.45) is 0 Å². The first-order valence-corrected chi connectivity index (χ1v) is 11.9. The SMILES string of the molecule is COc1ccc(CN2CCC3NN(Cc4ccccc4)c4nc(NCc5ccco5)nc2c43)cc1. The second-order valence-electron chi connectivity index (χ2n) is 8.85. The Morgan fingerprint density at radius 1 is 0.971 bits per heavy atom. The molecule has 2 N–H and O–H groups in total. The van der Waals surface area contributed by atoms with Crippen LogP contribution in [0.3, 0.4) is 0 Å². The van der Waals surface area contributed by atoms with E-state index in [2.05, 4.69) is 57.0 Å². The number of hydrogen-bond acceptors (Lipinski definition) is 8. The number of nitrogens with zero attached hydrogens (tertiary/aromatic N) is 4. The fourth-order valence-corrected chi connectivity index (χ4v) is 4.77. The van der Waals surface area contributed by atoms with Crippen LogP contribution in [0.2, 0.25) is 0 Å². The molecule has 0 fully saturated rings. The minimum atomic E-state index is 0.204. The van der Waals surface area contributed by atoms with E-state index in [1.807, 2.05) is 30.3 Å². The average Bonchev–Trinajstić information content (AvgIpc) is 3.54.